The van der Waals surface area contributed by atoms with Crippen molar-refractivity contribution in [1.29, 1.82) is 0 Å². The van der Waals surface area contributed by atoms with Crippen molar-refractivity contribution in [3.8, 4) is 5.88 Å². The van der Waals surface area contributed by atoms with Gasteiger partial charge in [0.05, 0.1) is 12.1 Å². The Morgan fingerprint density at radius 3 is 2.69 bits per heavy atom. The molecule has 0 amide bonds. The number of rotatable bonds is 2. The van der Waals surface area contributed by atoms with Gasteiger partial charge in [-0.05, 0) is 6.07 Å². The second kappa shape index (κ2) is 3.76. The molecule has 0 atom stereocenters. The van der Waals surface area contributed by atoms with Gasteiger partial charge in [-0.15, -0.1) is 5.10 Å². The number of pyridine rings is 1. The summed E-state index contributed by atoms with van der Waals surface area (Å²) in [6.45, 7) is 0. The Bertz CT molecular complexity index is 652. The van der Waals surface area contributed by atoms with E-state index in [-0.39, 0.29) is 10.7 Å². The number of aromatic nitrogens is 3. The van der Waals surface area contributed by atoms with Gasteiger partial charge in [0.2, 0.25) is 5.88 Å². The van der Waals surface area contributed by atoms with Crippen molar-refractivity contribution in [3.05, 3.63) is 17.2 Å². The highest BCUT2D eigenvalue weighted by atomic mass is 35.7. The Morgan fingerprint density at radius 1 is 1.44 bits per heavy atom. The van der Waals surface area contributed by atoms with Crippen molar-refractivity contribution in [3.63, 3.8) is 0 Å². The highest BCUT2D eigenvalue weighted by molar-refractivity contribution is 8.13. The van der Waals surface area contributed by atoms with Crippen LogP contribution in [-0.4, -0.2) is 30.1 Å². The average Bonchev–Trinajstić information content (AvgIpc) is 2.63. The molecule has 2 rings (SSSR count). The maximum absolute atomic E-state index is 11.1. The van der Waals surface area contributed by atoms with E-state index in [1.54, 1.807) is 0 Å². The van der Waals surface area contributed by atoms with Crippen LogP contribution < -0.4 is 4.74 Å². The normalized spacial score (nSPS) is 11.9. The molecule has 0 aliphatic carbocycles. The van der Waals surface area contributed by atoms with Crippen molar-refractivity contribution in [2.24, 2.45) is 0 Å². The van der Waals surface area contributed by atoms with Crippen molar-refractivity contribution in [2.75, 3.05) is 7.11 Å². The smallest absolute Gasteiger partial charge is 0.298 e. The molecule has 0 N–H and O–H groups in total. The van der Waals surface area contributed by atoms with Crippen LogP contribution in [0.25, 0.3) is 5.65 Å². The van der Waals surface area contributed by atoms with Crippen LogP contribution in [0.5, 0.6) is 5.88 Å². The fraction of sp³-hybridized carbons (Fsp3) is 0.143. The van der Waals surface area contributed by atoms with E-state index in [0.29, 0.717) is 5.88 Å². The Kier molecular flexibility index (Phi) is 2.69. The van der Waals surface area contributed by atoms with Crippen LogP contribution in [0.3, 0.4) is 0 Å². The van der Waals surface area contributed by atoms with Gasteiger partial charge in [0.25, 0.3) is 14.2 Å². The minimum absolute atomic E-state index is 0.167. The summed E-state index contributed by atoms with van der Waals surface area (Å²) < 4.78 is 28.2. The highest BCUT2D eigenvalue weighted by Gasteiger charge is 2.20. The second-order valence-corrected chi connectivity index (χ2v) is 5.66. The minimum Gasteiger partial charge on any atom is -0.481 e. The Labute approximate surface area is 100 Å². The molecular formula is C7H5Cl2N3O3S. The summed E-state index contributed by atoms with van der Waals surface area (Å²) in [5, 5.41) is 3.43. The van der Waals surface area contributed by atoms with Crippen LogP contribution in [0.4, 0.5) is 0 Å². The highest BCUT2D eigenvalue weighted by Crippen LogP contribution is 2.23. The van der Waals surface area contributed by atoms with Gasteiger partial charge in [-0.25, -0.2) is 8.42 Å². The van der Waals surface area contributed by atoms with E-state index in [9.17, 15) is 8.42 Å². The first-order valence-corrected chi connectivity index (χ1v) is 6.66. The maximum Gasteiger partial charge on any atom is 0.298 e. The van der Waals surface area contributed by atoms with Crippen LogP contribution in [-0.2, 0) is 9.05 Å². The molecule has 0 saturated carbocycles. The van der Waals surface area contributed by atoms with Gasteiger partial charge in [0, 0.05) is 16.7 Å². The second-order valence-electron chi connectivity index (χ2n) is 2.79. The van der Waals surface area contributed by atoms with Gasteiger partial charge in [-0.2, -0.15) is 9.50 Å². The molecule has 0 aliphatic heterocycles. The first-order chi connectivity index (χ1) is 7.43. The molecule has 86 valence electrons. The lowest BCUT2D eigenvalue weighted by Gasteiger charge is -2.01. The van der Waals surface area contributed by atoms with E-state index in [0.717, 1.165) is 4.52 Å². The van der Waals surface area contributed by atoms with Gasteiger partial charge in [-0.3, -0.25) is 0 Å². The molecule has 0 radical (unpaired) electrons. The topological polar surface area (TPSA) is 73.6 Å². The molecule has 2 aromatic rings. The summed E-state index contributed by atoms with van der Waals surface area (Å²) in [6, 6.07) is 3.06. The van der Waals surface area contributed by atoms with Gasteiger partial charge in [0.15, 0.2) is 5.65 Å². The molecule has 9 heteroatoms. The molecule has 2 heterocycles. The largest absolute Gasteiger partial charge is 0.481 e. The third kappa shape index (κ3) is 1.81. The predicted molar refractivity (Wildman–Crippen MR) is 57.6 cm³/mol. The van der Waals surface area contributed by atoms with E-state index in [4.69, 9.17) is 27.0 Å². The molecule has 0 saturated heterocycles. The summed E-state index contributed by atoms with van der Waals surface area (Å²) >= 11 is 5.83. The lowest BCUT2D eigenvalue weighted by atomic mass is 10.4. The van der Waals surface area contributed by atoms with Crippen LogP contribution >= 0.6 is 22.3 Å². The van der Waals surface area contributed by atoms with Crippen molar-refractivity contribution in [2.45, 2.75) is 5.16 Å². The van der Waals surface area contributed by atoms with Crippen LogP contribution in [0, 0.1) is 0 Å². The molecule has 0 unspecified atom stereocenters. The fourth-order valence-electron chi connectivity index (χ4n) is 1.15. The van der Waals surface area contributed by atoms with E-state index < -0.39 is 14.2 Å². The molecule has 16 heavy (non-hydrogen) atoms. The van der Waals surface area contributed by atoms with Crippen LogP contribution in [0.15, 0.2) is 17.3 Å². The molecular weight excluding hydrogens is 277 g/mol. The summed E-state index contributed by atoms with van der Waals surface area (Å²) in [7, 11) is 2.55. The predicted octanol–water partition coefficient (Wildman–Crippen LogP) is 1.32. The zero-order valence-electron chi connectivity index (χ0n) is 7.89. The third-order valence-corrected chi connectivity index (χ3v) is 3.13. The molecule has 0 aliphatic rings. The fourth-order valence-corrected chi connectivity index (χ4v) is 1.90. The average molecular weight is 282 g/mol. The number of methoxy groups -OCH3 is 1. The molecule has 0 bridgehead atoms. The van der Waals surface area contributed by atoms with Gasteiger partial charge < -0.3 is 4.74 Å². The summed E-state index contributed by atoms with van der Waals surface area (Å²) in [5.41, 5.74) is 0.167. The SMILES string of the molecule is COc1ccc(Cl)c2nc(S(=O)(=O)Cl)nn12. The number of halogens is 2. The number of hydrogen-bond acceptors (Lipinski definition) is 5. The lowest BCUT2D eigenvalue weighted by molar-refractivity contribution is 0.384. The van der Waals surface area contributed by atoms with E-state index in [1.165, 1.54) is 19.2 Å². The quantitative estimate of drug-likeness (QED) is 0.777. The van der Waals surface area contributed by atoms with Crippen molar-refractivity contribution in [1.82, 2.24) is 14.6 Å². The third-order valence-electron chi connectivity index (χ3n) is 1.81. The lowest BCUT2D eigenvalue weighted by Crippen LogP contribution is -1.97. The molecule has 2 aromatic heterocycles. The molecule has 0 aromatic carbocycles. The van der Waals surface area contributed by atoms with Gasteiger partial charge >= 0.3 is 0 Å². The first kappa shape index (κ1) is 11.4. The van der Waals surface area contributed by atoms with E-state index in [1.807, 2.05) is 0 Å². The van der Waals surface area contributed by atoms with E-state index in [2.05, 4.69) is 10.1 Å². The Balaban J connectivity index is 2.83. The molecule has 6 nitrogen and oxygen atoms in total. The maximum atomic E-state index is 11.1. The summed E-state index contributed by atoms with van der Waals surface area (Å²) in [4.78, 5) is 3.71. The number of fused-ring (bicyclic) bond motifs is 1. The molecule has 0 fully saturated rings. The summed E-state index contributed by atoms with van der Waals surface area (Å²) in [5.74, 6) is 0.304. The zero-order valence-corrected chi connectivity index (χ0v) is 10.2. The van der Waals surface area contributed by atoms with Crippen LogP contribution in [0.1, 0.15) is 0 Å². The zero-order chi connectivity index (χ0) is 11.9. The molecule has 0 spiro atoms. The van der Waals surface area contributed by atoms with E-state index >= 15 is 0 Å². The summed E-state index contributed by atoms with van der Waals surface area (Å²) in [6.07, 6.45) is 0. The Morgan fingerprint density at radius 2 is 2.12 bits per heavy atom. The monoisotopic (exact) mass is 281 g/mol. The minimum atomic E-state index is -3.99. The standard InChI is InChI=1S/C7H5Cl2N3O3S/c1-15-5-3-2-4(8)6-10-7(11-12(5)6)16(9,13)14/h2-3H,1H3. The Hall–Kier alpha value is -1.05. The number of nitrogens with zero attached hydrogens (tertiary/aromatic N) is 3. The van der Waals surface area contributed by atoms with Crippen LogP contribution in [0.2, 0.25) is 5.02 Å². The van der Waals surface area contributed by atoms with Crippen molar-refractivity contribution >= 4 is 37.0 Å². The number of hydrogen-bond donors (Lipinski definition) is 0. The first-order valence-electron chi connectivity index (χ1n) is 3.97. The number of ether oxygens (including phenoxy) is 1. The van der Waals surface area contributed by atoms with Crippen molar-refractivity contribution < 1.29 is 13.2 Å². The van der Waals surface area contributed by atoms with Gasteiger partial charge in [-0.1, -0.05) is 11.6 Å². The van der Waals surface area contributed by atoms with Gasteiger partial charge in [0.1, 0.15) is 0 Å².